The average molecular weight is 439 g/mol. The van der Waals surface area contributed by atoms with E-state index in [1.54, 1.807) is 4.90 Å². The van der Waals surface area contributed by atoms with Crippen LogP contribution in [-0.2, 0) is 16.1 Å². The van der Waals surface area contributed by atoms with Crippen molar-refractivity contribution in [3.63, 3.8) is 0 Å². The molecule has 7 heteroatoms. The third kappa shape index (κ3) is 3.89. The molecule has 1 aliphatic carbocycles. The van der Waals surface area contributed by atoms with Crippen molar-refractivity contribution in [1.29, 1.82) is 0 Å². The molecule has 1 fully saturated rings. The minimum Gasteiger partial charge on any atom is -0.351 e. The number of hydrogen-bond donors (Lipinski definition) is 2. The second-order valence-corrected chi connectivity index (χ2v) is 9.88. The van der Waals surface area contributed by atoms with Gasteiger partial charge in [0.15, 0.2) is 0 Å². The highest BCUT2D eigenvalue weighted by molar-refractivity contribution is 6.14. The van der Waals surface area contributed by atoms with Crippen LogP contribution < -0.4 is 10.6 Å². The van der Waals surface area contributed by atoms with Crippen molar-refractivity contribution in [1.82, 2.24) is 14.8 Å². The topological polar surface area (TPSA) is 83.4 Å². The predicted molar refractivity (Wildman–Crippen MR) is 126 cm³/mol. The van der Waals surface area contributed by atoms with Crippen LogP contribution in [-0.4, -0.2) is 45.3 Å². The number of hydrogen-bond acceptors (Lipinski definition) is 3. The maximum atomic E-state index is 13.9. The number of nitrogens with one attached hydrogen (secondary N) is 2. The van der Waals surface area contributed by atoms with Crippen LogP contribution in [0.25, 0.3) is 10.9 Å². The molecule has 1 saturated carbocycles. The summed E-state index contributed by atoms with van der Waals surface area (Å²) in [6.45, 7) is 8.40. The number of amides is 3. The Labute approximate surface area is 189 Å². The summed E-state index contributed by atoms with van der Waals surface area (Å²) in [5.41, 5.74) is 0.835. The summed E-state index contributed by atoms with van der Waals surface area (Å²) < 4.78 is 1.92. The van der Waals surface area contributed by atoms with Gasteiger partial charge in [0.2, 0.25) is 11.8 Å². The first-order chi connectivity index (χ1) is 15.2. The number of aromatic nitrogens is 1. The van der Waals surface area contributed by atoms with E-state index in [-0.39, 0.29) is 23.8 Å². The van der Waals surface area contributed by atoms with Gasteiger partial charge in [-0.05, 0) is 38.2 Å². The molecule has 2 aromatic rings. The van der Waals surface area contributed by atoms with Gasteiger partial charge >= 0.3 is 0 Å². The molecule has 0 unspecified atom stereocenters. The zero-order chi connectivity index (χ0) is 23.0. The van der Waals surface area contributed by atoms with Crippen molar-refractivity contribution in [2.24, 2.45) is 5.92 Å². The summed E-state index contributed by atoms with van der Waals surface area (Å²) in [6, 6.07) is 7.84. The van der Waals surface area contributed by atoms with Gasteiger partial charge in [0.1, 0.15) is 11.2 Å². The molecule has 2 N–H and O–H groups in total. The second kappa shape index (κ2) is 8.60. The largest absolute Gasteiger partial charge is 0.351 e. The summed E-state index contributed by atoms with van der Waals surface area (Å²) in [5, 5.41) is 6.92. The molecule has 172 valence electrons. The number of nitrogens with zero attached hydrogens (tertiary/aromatic N) is 2. The first kappa shape index (κ1) is 22.4. The van der Waals surface area contributed by atoms with Crippen molar-refractivity contribution >= 4 is 34.3 Å². The van der Waals surface area contributed by atoms with Gasteiger partial charge in [-0.15, -0.1) is 0 Å². The lowest BCUT2D eigenvalue weighted by Crippen LogP contribution is -2.65. The van der Waals surface area contributed by atoms with Gasteiger partial charge in [0.25, 0.3) is 5.91 Å². The molecule has 0 saturated heterocycles. The minimum absolute atomic E-state index is 0.0917. The highest BCUT2D eigenvalue weighted by Crippen LogP contribution is 2.39. The molecule has 0 spiro atoms. The predicted octanol–water partition coefficient (Wildman–Crippen LogP) is 3.92. The first-order valence-corrected chi connectivity index (χ1v) is 11.7. The van der Waals surface area contributed by atoms with E-state index in [1.165, 1.54) is 6.92 Å². The summed E-state index contributed by atoms with van der Waals surface area (Å²) in [4.78, 5) is 41.2. The van der Waals surface area contributed by atoms with Crippen LogP contribution in [0.5, 0.6) is 0 Å². The van der Waals surface area contributed by atoms with Gasteiger partial charge in [0, 0.05) is 24.9 Å². The van der Waals surface area contributed by atoms with E-state index >= 15 is 0 Å². The summed E-state index contributed by atoms with van der Waals surface area (Å²) in [7, 11) is 0. The second-order valence-electron chi connectivity index (χ2n) is 9.88. The molecule has 7 nitrogen and oxygen atoms in total. The molecule has 3 amide bonds. The Kier molecular flexibility index (Phi) is 6.01. The molecule has 0 bridgehead atoms. The monoisotopic (exact) mass is 438 g/mol. The Morgan fingerprint density at radius 1 is 1.19 bits per heavy atom. The number of carbonyl (C=O) groups excluding carboxylic acids is 3. The minimum atomic E-state index is -1.00. The zero-order valence-electron chi connectivity index (χ0n) is 19.5. The number of benzene rings is 1. The molecule has 1 aliphatic heterocycles. The fraction of sp³-hybridized carbons (Fsp3) is 0.560. The van der Waals surface area contributed by atoms with Crippen LogP contribution >= 0.6 is 0 Å². The third-order valence-electron chi connectivity index (χ3n) is 6.89. The Morgan fingerprint density at radius 2 is 1.88 bits per heavy atom. The first-order valence-electron chi connectivity index (χ1n) is 11.7. The number of fused-ring (bicyclic) bond motifs is 3. The van der Waals surface area contributed by atoms with Crippen LogP contribution in [0.4, 0.5) is 5.69 Å². The van der Waals surface area contributed by atoms with Gasteiger partial charge in [-0.2, -0.15) is 0 Å². The lowest BCUT2D eigenvalue weighted by molar-refractivity contribution is -0.133. The number of para-hydroxylation sites is 1. The quantitative estimate of drug-likeness (QED) is 0.717. The average Bonchev–Trinajstić information content (AvgIpc) is 3.34. The molecule has 1 aromatic heterocycles. The van der Waals surface area contributed by atoms with Crippen molar-refractivity contribution < 1.29 is 14.4 Å². The Hall–Kier alpha value is -2.83. The van der Waals surface area contributed by atoms with Gasteiger partial charge in [0.05, 0.1) is 17.7 Å². The molecule has 2 heterocycles. The number of anilines is 1. The van der Waals surface area contributed by atoms with E-state index in [0.717, 1.165) is 43.0 Å². The summed E-state index contributed by atoms with van der Waals surface area (Å²) in [5.74, 6) is -0.127. The van der Waals surface area contributed by atoms with Gasteiger partial charge < -0.3 is 20.1 Å². The standard InChI is InChI=1S/C25H34N4O3/c1-16(2)13-14-29-23(31)22-21(26-17(3)30)19-11-7-8-12-20(19)28(22)15-25(29,4)24(32)27-18-9-5-6-10-18/h7-8,11-12,16,18H,5-6,9-10,13-15H2,1-4H3,(H,26,30)(H,27,32)/t25-/m1/s1. The maximum Gasteiger partial charge on any atom is 0.273 e. The highest BCUT2D eigenvalue weighted by Gasteiger charge is 2.49. The van der Waals surface area contributed by atoms with Crippen LogP contribution in [0.2, 0.25) is 0 Å². The molecule has 1 atom stereocenters. The highest BCUT2D eigenvalue weighted by atomic mass is 16.2. The lowest BCUT2D eigenvalue weighted by atomic mass is 9.93. The van der Waals surface area contributed by atoms with Crippen molar-refractivity contribution in [3.05, 3.63) is 30.0 Å². The Balaban J connectivity index is 1.81. The van der Waals surface area contributed by atoms with E-state index in [2.05, 4.69) is 24.5 Å². The lowest BCUT2D eigenvalue weighted by Gasteiger charge is -2.45. The molecule has 1 aromatic carbocycles. The van der Waals surface area contributed by atoms with Gasteiger partial charge in [-0.3, -0.25) is 14.4 Å². The number of rotatable bonds is 6. The molecule has 32 heavy (non-hydrogen) atoms. The van der Waals surface area contributed by atoms with Crippen LogP contribution in [0.1, 0.15) is 70.3 Å². The summed E-state index contributed by atoms with van der Waals surface area (Å²) >= 11 is 0. The number of carbonyl (C=O) groups is 3. The van der Waals surface area contributed by atoms with Gasteiger partial charge in [-0.1, -0.05) is 44.9 Å². The van der Waals surface area contributed by atoms with E-state index in [1.807, 2.05) is 35.8 Å². The SMILES string of the molecule is CC(=O)Nc1c2n(c3ccccc13)C[C@](C)(C(=O)NC1CCCC1)N(CCC(C)C)C2=O. The van der Waals surface area contributed by atoms with E-state index in [9.17, 15) is 14.4 Å². The molecule has 4 rings (SSSR count). The fourth-order valence-electron chi connectivity index (χ4n) is 5.08. The van der Waals surface area contributed by atoms with Crippen LogP contribution in [0, 0.1) is 5.92 Å². The Morgan fingerprint density at radius 3 is 2.53 bits per heavy atom. The van der Waals surface area contributed by atoms with E-state index in [0.29, 0.717) is 30.4 Å². The molecular weight excluding hydrogens is 404 g/mol. The van der Waals surface area contributed by atoms with Crippen molar-refractivity contribution in [2.75, 3.05) is 11.9 Å². The van der Waals surface area contributed by atoms with E-state index in [4.69, 9.17) is 0 Å². The normalized spacial score (nSPS) is 21.3. The van der Waals surface area contributed by atoms with Crippen molar-refractivity contribution in [3.8, 4) is 0 Å². The third-order valence-corrected chi connectivity index (χ3v) is 6.89. The van der Waals surface area contributed by atoms with Gasteiger partial charge in [-0.25, -0.2) is 0 Å². The summed E-state index contributed by atoms with van der Waals surface area (Å²) in [6.07, 6.45) is 5.04. The molecular formula is C25H34N4O3. The smallest absolute Gasteiger partial charge is 0.273 e. The van der Waals surface area contributed by atoms with Crippen LogP contribution in [0.15, 0.2) is 24.3 Å². The van der Waals surface area contributed by atoms with E-state index < -0.39 is 5.54 Å². The maximum absolute atomic E-state index is 13.9. The zero-order valence-corrected chi connectivity index (χ0v) is 19.5. The van der Waals surface area contributed by atoms with Crippen LogP contribution in [0.3, 0.4) is 0 Å². The van der Waals surface area contributed by atoms with Crippen molar-refractivity contribution in [2.45, 2.75) is 77.9 Å². The fourth-order valence-corrected chi connectivity index (χ4v) is 5.08. The molecule has 0 radical (unpaired) electrons. The Bertz CT molecular complexity index is 1050. The molecule has 2 aliphatic rings.